The Labute approximate surface area is 168 Å². The number of anilines is 2. The van der Waals surface area contributed by atoms with Crippen LogP contribution in [0.25, 0.3) is 0 Å². The van der Waals surface area contributed by atoms with Crippen molar-refractivity contribution in [3.05, 3.63) is 34.1 Å². The molecular formula is C19H23ClFN3O4. The number of nitrogens with one attached hydrogen (secondary N) is 1. The third-order valence-corrected chi connectivity index (χ3v) is 4.85. The van der Waals surface area contributed by atoms with Gasteiger partial charge in [-0.3, -0.25) is 19.2 Å². The maximum Gasteiger partial charge on any atom is 0.268 e. The lowest BCUT2D eigenvalue weighted by molar-refractivity contribution is -0.169. The molecule has 1 saturated heterocycles. The van der Waals surface area contributed by atoms with Crippen molar-refractivity contribution in [2.45, 2.75) is 39.7 Å². The standard InChI is InChI=1S/C19H23ClFN3O4/c1-6-14(19(27)23(4)28-5)22-15-9-16(13(21)8-12(15)20)24-17(25)7-11(10(2)3)18(24)26/h8-9,14,22H,6-7H2,1-5H3. The molecule has 152 valence electrons. The molecule has 0 radical (unpaired) electrons. The number of carbonyl (C=O) groups is 3. The number of imide groups is 1. The molecule has 0 aliphatic carbocycles. The second-order valence-electron chi connectivity index (χ2n) is 6.60. The highest BCUT2D eigenvalue weighted by atomic mass is 35.5. The molecule has 1 aromatic rings. The summed E-state index contributed by atoms with van der Waals surface area (Å²) in [6.07, 6.45) is 0.319. The molecule has 1 heterocycles. The lowest BCUT2D eigenvalue weighted by Gasteiger charge is -2.24. The summed E-state index contributed by atoms with van der Waals surface area (Å²) in [5.41, 5.74) is 1.07. The maximum atomic E-state index is 14.5. The predicted octanol–water partition coefficient (Wildman–Crippen LogP) is 3.29. The van der Waals surface area contributed by atoms with Crippen LogP contribution in [-0.4, -0.2) is 43.0 Å². The van der Waals surface area contributed by atoms with E-state index in [1.54, 1.807) is 20.8 Å². The van der Waals surface area contributed by atoms with E-state index in [0.29, 0.717) is 17.6 Å². The highest BCUT2D eigenvalue weighted by Crippen LogP contribution is 2.35. The molecule has 1 fully saturated rings. The number of allylic oxidation sites excluding steroid dienone is 1. The van der Waals surface area contributed by atoms with Crippen molar-refractivity contribution in [3.63, 3.8) is 0 Å². The fraction of sp³-hybridized carbons (Fsp3) is 0.421. The summed E-state index contributed by atoms with van der Waals surface area (Å²) in [5, 5.41) is 4.02. The molecule has 0 spiro atoms. The van der Waals surface area contributed by atoms with Crippen molar-refractivity contribution in [3.8, 4) is 0 Å². The minimum Gasteiger partial charge on any atom is -0.372 e. The Morgan fingerprint density at radius 2 is 2.04 bits per heavy atom. The van der Waals surface area contributed by atoms with E-state index in [0.717, 1.165) is 16.0 Å². The second kappa shape index (κ2) is 8.70. The quantitative estimate of drug-likeness (QED) is 0.441. The van der Waals surface area contributed by atoms with E-state index in [2.05, 4.69) is 5.32 Å². The Hall–Kier alpha value is -2.45. The van der Waals surface area contributed by atoms with E-state index in [9.17, 15) is 18.8 Å². The average molecular weight is 412 g/mol. The Morgan fingerprint density at radius 1 is 1.39 bits per heavy atom. The first-order chi connectivity index (χ1) is 13.1. The van der Waals surface area contributed by atoms with Crippen molar-refractivity contribution in [2.75, 3.05) is 24.4 Å². The van der Waals surface area contributed by atoms with Gasteiger partial charge in [-0.05, 0) is 32.4 Å². The summed E-state index contributed by atoms with van der Waals surface area (Å²) in [5.74, 6) is -2.23. The zero-order valence-electron chi connectivity index (χ0n) is 16.4. The Morgan fingerprint density at radius 3 is 2.54 bits per heavy atom. The number of benzene rings is 1. The molecule has 1 aromatic carbocycles. The van der Waals surface area contributed by atoms with Crippen LogP contribution in [0.3, 0.4) is 0 Å². The summed E-state index contributed by atoms with van der Waals surface area (Å²) in [4.78, 5) is 43.0. The molecule has 3 amide bonds. The first-order valence-corrected chi connectivity index (χ1v) is 9.11. The van der Waals surface area contributed by atoms with Gasteiger partial charge in [-0.25, -0.2) is 14.4 Å². The molecule has 0 saturated carbocycles. The largest absolute Gasteiger partial charge is 0.372 e. The van der Waals surface area contributed by atoms with E-state index in [1.807, 2.05) is 0 Å². The van der Waals surface area contributed by atoms with Crippen LogP contribution in [0.4, 0.5) is 15.8 Å². The summed E-state index contributed by atoms with van der Waals surface area (Å²) in [7, 11) is 2.83. The molecule has 2 rings (SSSR count). The highest BCUT2D eigenvalue weighted by Gasteiger charge is 2.37. The molecule has 7 nitrogen and oxygen atoms in total. The van der Waals surface area contributed by atoms with E-state index in [4.69, 9.17) is 16.4 Å². The van der Waals surface area contributed by atoms with Gasteiger partial charge in [0.1, 0.15) is 11.9 Å². The number of likely N-dealkylation sites (N-methyl/N-ethyl adjacent to an activating group) is 1. The molecule has 1 unspecified atom stereocenters. The number of hydrogen-bond acceptors (Lipinski definition) is 5. The van der Waals surface area contributed by atoms with Crippen LogP contribution in [0.5, 0.6) is 0 Å². The number of hydrogen-bond donors (Lipinski definition) is 1. The van der Waals surface area contributed by atoms with Crippen LogP contribution in [-0.2, 0) is 19.2 Å². The predicted molar refractivity (Wildman–Crippen MR) is 104 cm³/mol. The number of rotatable bonds is 6. The number of amides is 3. The van der Waals surface area contributed by atoms with Crippen molar-refractivity contribution in [1.29, 1.82) is 0 Å². The molecule has 1 atom stereocenters. The maximum absolute atomic E-state index is 14.5. The van der Waals surface area contributed by atoms with E-state index < -0.39 is 23.7 Å². The number of nitrogens with zero attached hydrogens (tertiary/aromatic N) is 2. The number of halogens is 2. The monoisotopic (exact) mass is 411 g/mol. The average Bonchev–Trinajstić information content (AvgIpc) is 2.94. The van der Waals surface area contributed by atoms with Gasteiger partial charge in [0.05, 0.1) is 29.9 Å². The van der Waals surface area contributed by atoms with Gasteiger partial charge in [0, 0.05) is 12.6 Å². The fourth-order valence-corrected chi connectivity index (χ4v) is 3.05. The van der Waals surface area contributed by atoms with Gasteiger partial charge in [-0.2, -0.15) is 0 Å². The normalized spacial score (nSPS) is 15.1. The molecule has 9 heteroatoms. The SMILES string of the molecule is CCC(Nc1cc(N2C(=O)CC(=C(C)C)C2=O)c(F)cc1Cl)C(=O)N(C)OC. The summed E-state index contributed by atoms with van der Waals surface area (Å²) < 4.78 is 14.5. The van der Waals surface area contributed by atoms with Gasteiger partial charge in [0.15, 0.2) is 0 Å². The van der Waals surface area contributed by atoms with Crippen molar-refractivity contribution < 1.29 is 23.6 Å². The molecule has 28 heavy (non-hydrogen) atoms. The lowest BCUT2D eigenvalue weighted by atomic mass is 10.1. The van der Waals surface area contributed by atoms with Crippen molar-refractivity contribution in [2.24, 2.45) is 0 Å². The van der Waals surface area contributed by atoms with Crippen LogP contribution in [0.2, 0.25) is 5.02 Å². The Balaban J connectivity index is 2.43. The lowest BCUT2D eigenvalue weighted by Crippen LogP contribution is -2.40. The van der Waals surface area contributed by atoms with Gasteiger partial charge >= 0.3 is 0 Å². The Bertz CT molecular complexity index is 852. The zero-order valence-corrected chi connectivity index (χ0v) is 17.2. The van der Waals surface area contributed by atoms with E-state index >= 15 is 0 Å². The van der Waals surface area contributed by atoms with Gasteiger partial charge in [-0.1, -0.05) is 24.1 Å². The van der Waals surface area contributed by atoms with Crippen LogP contribution in [0, 0.1) is 5.82 Å². The first kappa shape index (κ1) is 21.8. The van der Waals surface area contributed by atoms with Gasteiger partial charge < -0.3 is 5.32 Å². The Kier molecular flexibility index (Phi) is 6.79. The van der Waals surface area contributed by atoms with Crippen molar-refractivity contribution in [1.82, 2.24) is 5.06 Å². The van der Waals surface area contributed by atoms with Gasteiger partial charge in [-0.15, -0.1) is 0 Å². The molecule has 1 aliphatic heterocycles. The number of hydroxylamine groups is 2. The molecule has 0 aromatic heterocycles. The molecular weight excluding hydrogens is 389 g/mol. The van der Waals surface area contributed by atoms with Gasteiger partial charge in [0.25, 0.3) is 11.8 Å². The topological polar surface area (TPSA) is 79.0 Å². The highest BCUT2D eigenvalue weighted by molar-refractivity contribution is 6.34. The third kappa shape index (κ3) is 4.18. The third-order valence-electron chi connectivity index (χ3n) is 4.54. The zero-order chi connectivity index (χ0) is 21.2. The first-order valence-electron chi connectivity index (χ1n) is 8.73. The minimum atomic E-state index is -0.805. The van der Waals surface area contributed by atoms with Crippen LogP contribution < -0.4 is 10.2 Å². The van der Waals surface area contributed by atoms with Crippen LogP contribution in [0.1, 0.15) is 33.6 Å². The smallest absolute Gasteiger partial charge is 0.268 e. The van der Waals surface area contributed by atoms with E-state index in [1.165, 1.54) is 20.2 Å². The minimum absolute atomic E-state index is 0.0223. The van der Waals surface area contributed by atoms with Crippen LogP contribution in [0.15, 0.2) is 23.3 Å². The molecule has 1 N–H and O–H groups in total. The summed E-state index contributed by atoms with van der Waals surface area (Å²) in [6, 6.07) is 1.58. The number of carbonyl (C=O) groups excluding carboxylic acids is 3. The second-order valence-corrected chi connectivity index (χ2v) is 7.00. The molecule has 1 aliphatic rings. The van der Waals surface area contributed by atoms with Crippen LogP contribution >= 0.6 is 11.6 Å². The summed E-state index contributed by atoms with van der Waals surface area (Å²) in [6.45, 7) is 5.23. The fourth-order valence-electron chi connectivity index (χ4n) is 2.84. The summed E-state index contributed by atoms with van der Waals surface area (Å²) >= 11 is 6.12. The molecule has 0 bridgehead atoms. The van der Waals surface area contributed by atoms with E-state index in [-0.39, 0.29) is 28.7 Å². The van der Waals surface area contributed by atoms with Crippen molar-refractivity contribution >= 4 is 40.7 Å². The van der Waals surface area contributed by atoms with Gasteiger partial charge in [0.2, 0.25) is 5.91 Å².